The Balaban J connectivity index is 1.26. The predicted octanol–water partition coefficient (Wildman–Crippen LogP) is 6.76. The summed E-state index contributed by atoms with van der Waals surface area (Å²) in [5.41, 5.74) is 15.3. The van der Waals surface area contributed by atoms with Crippen molar-refractivity contribution in [2.24, 2.45) is 0 Å². The molecule has 0 saturated carbocycles. The summed E-state index contributed by atoms with van der Waals surface area (Å²) in [5.74, 6) is 0.108. The fraction of sp³-hybridized carbons (Fsp3) is 0.0606. The SMILES string of the molecule is C=C(c1cc2c(-c3ccc(F)cc3)cncc2[nH]1)c1cc(-c2cncc(CNCc3ccccc3)c2)cnc1N. The highest BCUT2D eigenvalue weighted by molar-refractivity contribution is 5.98. The first-order valence-corrected chi connectivity index (χ1v) is 12.9. The van der Waals surface area contributed by atoms with E-state index in [2.05, 4.69) is 50.0 Å². The molecule has 0 unspecified atom stereocenters. The average molecular weight is 527 g/mol. The van der Waals surface area contributed by atoms with Gasteiger partial charge in [-0.25, -0.2) is 9.37 Å². The first kappa shape index (κ1) is 25.2. The normalized spacial score (nSPS) is 11.1. The van der Waals surface area contributed by atoms with Gasteiger partial charge in [-0.2, -0.15) is 0 Å². The molecule has 4 N–H and O–H groups in total. The van der Waals surface area contributed by atoms with E-state index in [1.165, 1.54) is 17.7 Å². The molecule has 7 heteroatoms. The van der Waals surface area contributed by atoms with Gasteiger partial charge in [-0.05, 0) is 47.0 Å². The summed E-state index contributed by atoms with van der Waals surface area (Å²) in [4.78, 5) is 16.7. The van der Waals surface area contributed by atoms with Crippen LogP contribution in [0.3, 0.4) is 0 Å². The molecule has 0 aliphatic heterocycles. The fourth-order valence-corrected chi connectivity index (χ4v) is 4.78. The second kappa shape index (κ2) is 10.9. The number of hydrogen-bond acceptors (Lipinski definition) is 5. The lowest BCUT2D eigenvalue weighted by molar-refractivity contribution is 0.628. The van der Waals surface area contributed by atoms with E-state index in [1.54, 1.807) is 30.7 Å². The van der Waals surface area contributed by atoms with Crippen molar-refractivity contribution in [1.82, 2.24) is 25.3 Å². The number of rotatable bonds is 8. The number of nitrogens with two attached hydrogens (primary N) is 1. The van der Waals surface area contributed by atoms with Crippen molar-refractivity contribution >= 4 is 22.3 Å². The fourth-order valence-electron chi connectivity index (χ4n) is 4.78. The number of nitrogen functional groups attached to an aromatic ring is 1. The number of anilines is 1. The van der Waals surface area contributed by atoms with Crippen molar-refractivity contribution in [1.29, 1.82) is 0 Å². The topological polar surface area (TPSA) is 92.5 Å². The summed E-state index contributed by atoms with van der Waals surface area (Å²) in [7, 11) is 0. The summed E-state index contributed by atoms with van der Waals surface area (Å²) in [6.07, 6.45) is 8.99. The van der Waals surface area contributed by atoms with E-state index in [1.807, 2.05) is 42.7 Å². The van der Waals surface area contributed by atoms with Crippen LogP contribution in [0, 0.1) is 5.82 Å². The van der Waals surface area contributed by atoms with Crippen LogP contribution < -0.4 is 11.1 Å². The molecule has 40 heavy (non-hydrogen) atoms. The van der Waals surface area contributed by atoms with Crippen molar-refractivity contribution in [2.45, 2.75) is 13.1 Å². The van der Waals surface area contributed by atoms with Crippen LogP contribution in [-0.4, -0.2) is 19.9 Å². The predicted molar refractivity (Wildman–Crippen MR) is 158 cm³/mol. The number of nitrogens with one attached hydrogen (secondary N) is 2. The zero-order valence-corrected chi connectivity index (χ0v) is 21.7. The van der Waals surface area contributed by atoms with Crippen LogP contribution in [0.25, 0.3) is 38.7 Å². The van der Waals surface area contributed by atoms with Crippen molar-refractivity contribution in [3.05, 3.63) is 139 Å². The molecule has 6 nitrogen and oxygen atoms in total. The van der Waals surface area contributed by atoms with Crippen molar-refractivity contribution in [3.8, 4) is 22.3 Å². The maximum Gasteiger partial charge on any atom is 0.131 e. The number of nitrogens with zero attached hydrogens (tertiary/aromatic N) is 3. The standard InChI is InChI=1S/C33H27FN6/c1-21(31-13-29-30(19-38-20-32(29)40-31)24-7-9-27(34)10-8-24)28-12-26(18-39-33(28)35)25-11-23(16-37-17-25)15-36-14-22-5-3-2-4-6-22/h2-13,16-20,36,40H,1,14-15H2,(H2,35,39). The number of hydrogen-bond donors (Lipinski definition) is 3. The van der Waals surface area contributed by atoms with Gasteiger partial charge in [0.15, 0.2) is 0 Å². The summed E-state index contributed by atoms with van der Waals surface area (Å²) in [6, 6.07) is 22.8. The summed E-state index contributed by atoms with van der Waals surface area (Å²) in [5, 5.41) is 4.43. The third-order valence-electron chi connectivity index (χ3n) is 6.90. The molecular formula is C33H27FN6. The number of pyridine rings is 3. The highest BCUT2D eigenvalue weighted by atomic mass is 19.1. The van der Waals surface area contributed by atoms with Crippen LogP contribution in [0.1, 0.15) is 22.4 Å². The molecule has 4 heterocycles. The number of fused-ring (bicyclic) bond motifs is 1. The van der Waals surface area contributed by atoms with Crippen molar-refractivity contribution < 1.29 is 4.39 Å². The second-order valence-electron chi connectivity index (χ2n) is 9.64. The van der Waals surface area contributed by atoms with Gasteiger partial charge < -0.3 is 16.0 Å². The summed E-state index contributed by atoms with van der Waals surface area (Å²) >= 11 is 0. The first-order chi connectivity index (χ1) is 19.5. The minimum atomic E-state index is -0.279. The molecule has 6 aromatic rings. The molecule has 6 rings (SSSR count). The molecular weight excluding hydrogens is 499 g/mol. The zero-order valence-electron chi connectivity index (χ0n) is 21.7. The van der Waals surface area contributed by atoms with Crippen molar-refractivity contribution in [2.75, 3.05) is 5.73 Å². The Morgan fingerprint density at radius 3 is 2.38 bits per heavy atom. The molecule has 0 radical (unpaired) electrons. The molecule has 0 saturated heterocycles. The zero-order chi connectivity index (χ0) is 27.5. The lowest BCUT2D eigenvalue weighted by Crippen LogP contribution is -2.12. The third-order valence-corrected chi connectivity index (χ3v) is 6.90. The third kappa shape index (κ3) is 5.23. The molecule has 0 fully saturated rings. The Kier molecular flexibility index (Phi) is 6.87. The molecule has 0 spiro atoms. The van der Waals surface area contributed by atoms with Gasteiger partial charge in [0, 0.05) is 76.8 Å². The van der Waals surface area contributed by atoms with Crippen LogP contribution >= 0.6 is 0 Å². The maximum atomic E-state index is 13.5. The molecule has 4 aromatic heterocycles. The Morgan fingerprint density at radius 2 is 1.55 bits per heavy atom. The van der Waals surface area contributed by atoms with E-state index in [0.717, 1.165) is 56.5 Å². The lowest BCUT2D eigenvalue weighted by atomic mass is 9.99. The van der Waals surface area contributed by atoms with Crippen LogP contribution in [0.15, 0.2) is 110 Å². The van der Waals surface area contributed by atoms with Crippen molar-refractivity contribution in [3.63, 3.8) is 0 Å². The summed E-state index contributed by atoms with van der Waals surface area (Å²) < 4.78 is 13.5. The molecule has 0 bridgehead atoms. The van der Waals surface area contributed by atoms with E-state index >= 15 is 0 Å². The van der Waals surface area contributed by atoms with Crippen LogP contribution in [0.5, 0.6) is 0 Å². The van der Waals surface area contributed by atoms with E-state index in [0.29, 0.717) is 17.9 Å². The Morgan fingerprint density at radius 1 is 0.800 bits per heavy atom. The molecule has 0 amide bonds. The molecule has 2 aromatic carbocycles. The van der Waals surface area contributed by atoms with Crippen LogP contribution in [0.2, 0.25) is 0 Å². The maximum absolute atomic E-state index is 13.5. The van der Waals surface area contributed by atoms with Crippen LogP contribution in [-0.2, 0) is 13.1 Å². The van der Waals surface area contributed by atoms with Crippen LogP contribution in [0.4, 0.5) is 10.2 Å². The summed E-state index contributed by atoms with van der Waals surface area (Å²) in [6.45, 7) is 5.81. The minimum Gasteiger partial charge on any atom is -0.383 e. The highest BCUT2D eigenvalue weighted by Crippen LogP contribution is 2.34. The van der Waals surface area contributed by atoms with Gasteiger partial charge in [-0.15, -0.1) is 0 Å². The number of halogens is 1. The highest BCUT2D eigenvalue weighted by Gasteiger charge is 2.15. The van der Waals surface area contributed by atoms with Gasteiger partial charge in [0.05, 0.1) is 11.7 Å². The number of benzene rings is 2. The van der Waals surface area contributed by atoms with Gasteiger partial charge in [-0.3, -0.25) is 9.97 Å². The van der Waals surface area contributed by atoms with E-state index in [-0.39, 0.29) is 5.82 Å². The average Bonchev–Trinajstić information content (AvgIpc) is 3.43. The quantitative estimate of drug-likeness (QED) is 0.204. The molecule has 0 atom stereocenters. The lowest BCUT2D eigenvalue weighted by Gasteiger charge is -2.11. The molecule has 0 aliphatic carbocycles. The Labute approximate surface area is 231 Å². The largest absolute Gasteiger partial charge is 0.383 e. The molecule has 0 aliphatic rings. The number of aromatic nitrogens is 4. The van der Waals surface area contributed by atoms with Gasteiger partial charge >= 0.3 is 0 Å². The molecule has 196 valence electrons. The van der Waals surface area contributed by atoms with Gasteiger partial charge in [0.1, 0.15) is 11.6 Å². The van der Waals surface area contributed by atoms with E-state index < -0.39 is 0 Å². The van der Waals surface area contributed by atoms with E-state index in [4.69, 9.17) is 5.73 Å². The van der Waals surface area contributed by atoms with Gasteiger partial charge in [0.2, 0.25) is 0 Å². The number of H-pyrrole nitrogens is 1. The monoisotopic (exact) mass is 526 g/mol. The number of aromatic amines is 1. The van der Waals surface area contributed by atoms with E-state index in [9.17, 15) is 4.39 Å². The second-order valence-corrected chi connectivity index (χ2v) is 9.64. The smallest absolute Gasteiger partial charge is 0.131 e. The van der Waals surface area contributed by atoms with Gasteiger partial charge in [0.25, 0.3) is 0 Å². The van der Waals surface area contributed by atoms with Gasteiger partial charge in [-0.1, -0.05) is 49.0 Å². The Bertz CT molecular complexity index is 1810. The Hall–Kier alpha value is -5.14. The minimum absolute atomic E-state index is 0.279. The first-order valence-electron chi connectivity index (χ1n) is 12.9.